The maximum Gasteiger partial charge on any atom is 0.128 e. The molecule has 0 heterocycles. The van der Waals surface area contributed by atoms with E-state index in [0.29, 0.717) is 12.3 Å². The molecule has 0 spiro atoms. The summed E-state index contributed by atoms with van der Waals surface area (Å²) in [6.45, 7) is 10.3. The van der Waals surface area contributed by atoms with E-state index >= 15 is 0 Å². The monoisotopic (exact) mass is 266 g/mol. The molecule has 0 saturated heterocycles. The van der Waals surface area contributed by atoms with Gasteiger partial charge in [-0.1, -0.05) is 26.3 Å². The van der Waals surface area contributed by atoms with E-state index in [9.17, 15) is 4.39 Å². The second-order valence-corrected chi connectivity index (χ2v) is 5.47. The molecule has 1 aromatic rings. The molecule has 108 valence electrons. The van der Waals surface area contributed by atoms with Crippen molar-refractivity contribution in [1.82, 2.24) is 0 Å². The van der Waals surface area contributed by atoms with Gasteiger partial charge in [-0.2, -0.15) is 0 Å². The number of hydrogen-bond donors (Lipinski definition) is 1. The summed E-state index contributed by atoms with van der Waals surface area (Å²) in [6, 6.07) is 5.29. The third-order valence-corrected chi connectivity index (χ3v) is 3.57. The molecule has 0 aliphatic heterocycles. The van der Waals surface area contributed by atoms with Gasteiger partial charge in [0.1, 0.15) is 5.82 Å². The minimum absolute atomic E-state index is 0.0297. The molecular formula is C16H27FN2. The number of hydrogen-bond acceptors (Lipinski definition) is 2. The zero-order valence-electron chi connectivity index (χ0n) is 12.6. The first kappa shape index (κ1) is 16.0. The second kappa shape index (κ2) is 7.49. The average Bonchev–Trinajstić information content (AvgIpc) is 2.38. The summed E-state index contributed by atoms with van der Waals surface area (Å²) in [6.07, 6.45) is 1.72. The third kappa shape index (κ3) is 4.50. The van der Waals surface area contributed by atoms with Gasteiger partial charge < -0.3 is 10.6 Å². The molecule has 0 saturated carbocycles. The van der Waals surface area contributed by atoms with Crippen LogP contribution in [0.15, 0.2) is 18.2 Å². The van der Waals surface area contributed by atoms with Gasteiger partial charge in [-0.15, -0.1) is 0 Å². The molecule has 2 atom stereocenters. The molecule has 0 bridgehead atoms. The van der Waals surface area contributed by atoms with Gasteiger partial charge in [0.25, 0.3) is 0 Å². The largest absolute Gasteiger partial charge is 0.371 e. The highest BCUT2D eigenvalue weighted by molar-refractivity contribution is 5.54. The van der Waals surface area contributed by atoms with Crippen LogP contribution in [0.1, 0.15) is 39.7 Å². The molecule has 2 N–H and O–H groups in total. The summed E-state index contributed by atoms with van der Waals surface area (Å²) in [5.41, 5.74) is 7.60. The summed E-state index contributed by atoms with van der Waals surface area (Å²) in [5.74, 6) is 0.462. The smallest absolute Gasteiger partial charge is 0.128 e. The molecule has 19 heavy (non-hydrogen) atoms. The van der Waals surface area contributed by atoms with E-state index < -0.39 is 0 Å². The summed E-state index contributed by atoms with van der Waals surface area (Å²) < 4.78 is 14.0. The zero-order valence-corrected chi connectivity index (χ0v) is 12.6. The van der Waals surface area contributed by atoms with Gasteiger partial charge in [0.2, 0.25) is 0 Å². The van der Waals surface area contributed by atoms with Gasteiger partial charge in [0.15, 0.2) is 0 Å². The van der Waals surface area contributed by atoms with E-state index in [-0.39, 0.29) is 11.9 Å². The number of nitrogens with zero attached hydrogens (tertiary/aromatic N) is 1. The first-order valence-corrected chi connectivity index (χ1v) is 7.27. The number of nitrogens with two attached hydrogens (primary N) is 1. The van der Waals surface area contributed by atoms with Gasteiger partial charge in [-0.3, -0.25) is 0 Å². The fourth-order valence-corrected chi connectivity index (χ4v) is 2.27. The maximum absolute atomic E-state index is 14.0. The SMILES string of the molecule is CCC(C)CN(CC)c1cccc(F)c1CC(C)N. The van der Waals surface area contributed by atoms with E-state index in [1.807, 2.05) is 13.0 Å². The predicted molar refractivity (Wildman–Crippen MR) is 81.1 cm³/mol. The molecule has 0 radical (unpaired) electrons. The molecule has 0 fully saturated rings. The fourth-order valence-electron chi connectivity index (χ4n) is 2.27. The van der Waals surface area contributed by atoms with Crippen molar-refractivity contribution in [3.63, 3.8) is 0 Å². The lowest BCUT2D eigenvalue weighted by atomic mass is 10.0. The number of benzene rings is 1. The summed E-state index contributed by atoms with van der Waals surface area (Å²) in [7, 11) is 0. The van der Waals surface area contributed by atoms with Crippen LogP contribution >= 0.6 is 0 Å². The summed E-state index contributed by atoms with van der Waals surface area (Å²) in [5, 5.41) is 0. The van der Waals surface area contributed by atoms with Crippen LogP contribution in [0.4, 0.5) is 10.1 Å². The van der Waals surface area contributed by atoms with Crippen molar-refractivity contribution in [3.05, 3.63) is 29.6 Å². The average molecular weight is 266 g/mol. The Labute approximate surface area is 116 Å². The number of anilines is 1. The Morgan fingerprint density at radius 1 is 1.26 bits per heavy atom. The lowest BCUT2D eigenvalue weighted by molar-refractivity contribution is 0.542. The Balaban J connectivity index is 3.05. The lowest BCUT2D eigenvalue weighted by Gasteiger charge is -2.29. The molecule has 1 aromatic carbocycles. The van der Waals surface area contributed by atoms with Gasteiger partial charge in [-0.05, 0) is 38.3 Å². The second-order valence-electron chi connectivity index (χ2n) is 5.47. The highest BCUT2D eigenvalue weighted by atomic mass is 19.1. The van der Waals surface area contributed by atoms with Gasteiger partial charge in [0, 0.05) is 30.4 Å². The Bertz CT molecular complexity index is 390. The molecule has 2 unspecified atom stereocenters. The Morgan fingerprint density at radius 3 is 2.47 bits per heavy atom. The first-order chi connectivity index (χ1) is 8.99. The van der Waals surface area contributed by atoms with E-state index in [2.05, 4.69) is 25.7 Å². The molecular weight excluding hydrogens is 239 g/mol. The Morgan fingerprint density at radius 2 is 1.95 bits per heavy atom. The van der Waals surface area contributed by atoms with E-state index in [0.717, 1.165) is 30.8 Å². The normalized spacial score (nSPS) is 14.2. The third-order valence-electron chi connectivity index (χ3n) is 3.57. The molecule has 0 amide bonds. The van der Waals surface area contributed by atoms with Crippen LogP contribution in [0.5, 0.6) is 0 Å². The molecule has 3 heteroatoms. The van der Waals surface area contributed by atoms with E-state index in [1.165, 1.54) is 6.07 Å². The van der Waals surface area contributed by atoms with E-state index in [1.54, 1.807) is 6.07 Å². The molecule has 2 nitrogen and oxygen atoms in total. The van der Waals surface area contributed by atoms with Crippen LogP contribution in [-0.2, 0) is 6.42 Å². The van der Waals surface area contributed by atoms with Crippen LogP contribution in [0.25, 0.3) is 0 Å². The van der Waals surface area contributed by atoms with Crippen molar-refractivity contribution in [2.75, 3.05) is 18.0 Å². The van der Waals surface area contributed by atoms with Crippen LogP contribution in [-0.4, -0.2) is 19.1 Å². The summed E-state index contributed by atoms with van der Waals surface area (Å²) in [4.78, 5) is 2.26. The highest BCUT2D eigenvalue weighted by Crippen LogP contribution is 2.25. The van der Waals surface area contributed by atoms with Gasteiger partial charge in [0.05, 0.1) is 0 Å². The van der Waals surface area contributed by atoms with Crippen LogP contribution in [0.2, 0.25) is 0 Å². The predicted octanol–water partition coefficient (Wildman–Crippen LogP) is 3.59. The fraction of sp³-hybridized carbons (Fsp3) is 0.625. The minimum atomic E-state index is -0.141. The molecule has 0 aliphatic rings. The summed E-state index contributed by atoms with van der Waals surface area (Å²) >= 11 is 0. The first-order valence-electron chi connectivity index (χ1n) is 7.27. The topological polar surface area (TPSA) is 29.3 Å². The highest BCUT2D eigenvalue weighted by Gasteiger charge is 2.16. The zero-order chi connectivity index (χ0) is 14.4. The van der Waals surface area contributed by atoms with Gasteiger partial charge >= 0.3 is 0 Å². The van der Waals surface area contributed by atoms with Crippen molar-refractivity contribution in [1.29, 1.82) is 0 Å². The van der Waals surface area contributed by atoms with Crippen molar-refractivity contribution < 1.29 is 4.39 Å². The Hall–Kier alpha value is -1.09. The number of rotatable bonds is 7. The van der Waals surface area contributed by atoms with Crippen molar-refractivity contribution in [3.8, 4) is 0 Å². The molecule has 0 aliphatic carbocycles. The van der Waals surface area contributed by atoms with Crippen molar-refractivity contribution in [2.24, 2.45) is 11.7 Å². The van der Waals surface area contributed by atoms with Crippen molar-refractivity contribution >= 4 is 5.69 Å². The minimum Gasteiger partial charge on any atom is -0.371 e. The van der Waals surface area contributed by atoms with Crippen molar-refractivity contribution in [2.45, 2.75) is 46.6 Å². The number of halogens is 1. The van der Waals surface area contributed by atoms with Crippen LogP contribution < -0.4 is 10.6 Å². The Kier molecular flexibility index (Phi) is 6.29. The lowest BCUT2D eigenvalue weighted by Crippen LogP contribution is -2.30. The molecule has 0 aromatic heterocycles. The molecule has 1 rings (SSSR count). The van der Waals surface area contributed by atoms with Crippen LogP contribution in [0.3, 0.4) is 0 Å². The van der Waals surface area contributed by atoms with E-state index in [4.69, 9.17) is 5.73 Å². The van der Waals surface area contributed by atoms with Gasteiger partial charge in [-0.25, -0.2) is 4.39 Å². The standard InChI is InChI=1S/C16H27FN2/c1-5-12(3)11-19(6-2)16-9-7-8-15(17)14(16)10-13(4)18/h7-9,12-13H,5-6,10-11,18H2,1-4H3. The quantitative estimate of drug-likeness (QED) is 0.817. The van der Waals surface area contributed by atoms with Crippen LogP contribution in [0, 0.1) is 11.7 Å². The maximum atomic E-state index is 14.0.